The molecule has 0 aliphatic heterocycles. The molecule has 5 aliphatic carbocycles. The maximum absolute atomic E-state index is 6.27. The third kappa shape index (κ3) is 1.47. The Morgan fingerprint density at radius 3 is 1.71 bits per heavy atom. The average molecular weight is 233 g/mol. The van der Waals surface area contributed by atoms with Gasteiger partial charge in [-0.1, -0.05) is 13.8 Å². The second-order valence-electron chi connectivity index (χ2n) is 8.58. The van der Waals surface area contributed by atoms with Gasteiger partial charge in [0.05, 0.1) is 0 Å². The zero-order valence-electron chi connectivity index (χ0n) is 11.4. The van der Waals surface area contributed by atoms with Gasteiger partial charge in [0.15, 0.2) is 0 Å². The van der Waals surface area contributed by atoms with Gasteiger partial charge in [0.2, 0.25) is 0 Å². The molecule has 4 bridgehead atoms. The highest BCUT2D eigenvalue weighted by Crippen LogP contribution is 2.66. The summed E-state index contributed by atoms with van der Waals surface area (Å²) in [6.45, 7) is 4.76. The summed E-state index contributed by atoms with van der Waals surface area (Å²) < 4.78 is 0. The largest absolute Gasteiger partial charge is 0.327 e. The Hall–Kier alpha value is -0.0400. The van der Waals surface area contributed by atoms with E-state index >= 15 is 0 Å². The minimum absolute atomic E-state index is 0.448. The van der Waals surface area contributed by atoms with E-state index in [1.165, 1.54) is 6.42 Å². The fourth-order valence-corrected chi connectivity index (χ4v) is 6.18. The molecule has 0 amide bonds. The van der Waals surface area contributed by atoms with Crippen molar-refractivity contribution in [3.63, 3.8) is 0 Å². The van der Waals surface area contributed by atoms with Gasteiger partial charge in [0, 0.05) is 6.04 Å². The van der Waals surface area contributed by atoms with Crippen molar-refractivity contribution in [2.24, 2.45) is 40.2 Å². The maximum Gasteiger partial charge on any atom is 0.0128 e. The molecule has 0 radical (unpaired) electrons. The third-order valence-corrected chi connectivity index (χ3v) is 6.96. The minimum atomic E-state index is 0.448. The van der Waals surface area contributed by atoms with E-state index in [4.69, 9.17) is 5.73 Å². The van der Waals surface area contributed by atoms with Gasteiger partial charge in [-0.25, -0.2) is 0 Å². The quantitative estimate of drug-likeness (QED) is 0.775. The van der Waals surface area contributed by atoms with Gasteiger partial charge in [-0.2, -0.15) is 0 Å². The first-order valence-electron chi connectivity index (χ1n) is 7.74. The van der Waals surface area contributed by atoms with Crippen LogP contribution in [0.4, 0.5) is 0 Å². The highest BCUT2D eigenvalue weighted by Gasteiger charge is 2.60. The molecule has 0 aromatic rings. The van der Waals surface area contributed by atoms with E-state index in [2.05, 4.69) is 13.8 Å². The highest BCUT2D eigenvalue weighted by molar-refractivity contribution is 5.13. The van der Waals surface area contributed by atoms with Gasteiger partial charge in [0.1, 0.15) is 0 Å². The van der Waals surface area contributed by atoms with Crippen LogP contribution in [0.25, 0.3) is 0 Å². The molecule has 2 N–H and O–H groups in total. The fourth-order valence-electron chi connectivity index (χ4n) is 6.18. The van der Waals surface area contributed by atoms with E-state index in [-0.39, 0.29) is 0 Å². The van der Waals surface area contributed by atoms with Crippen molar-refractivity contribution in [3.8, 4) is 0 Å². The lowest BCUT2D eigenvalue weighted by Gasteiger charge is -2.57. The summed E-state index contributed by atoms with van der Waals surface area (Å²) >= 11 is 0. The molecule has 5 rings (SSSR count). The summed E-state index contributed by atoms with van der Waals surface area (Å²) in [5.41, 5.74) is 7.46. The molecule has 5 saturated carbocycles. The number of hydrogen-bond acceptors (Lipinski definition) is 1. The second-order valence-corrected chi connectivity index (χ2v) is 8.58. The van der Waals surface area contributed by atoms with E-state index in [0.717, 1.165) is 29.1 Å². The molecular formula is C16H27N. The minimum Gasteiger partial charge on any atom is -0.327 e. The fraction of sp³-hybridized carbons (Fsp3) is 1.00. The van der Waals surface area contributed by atoms with Crippen LogP contribution < -0.4 is 5.73 Å². The second kappa shape index (κ2) is 3.10. The molecule has 0 heterocycles. The first-order valence-corrected chi connectivity index (χ1v) is 7.74. The van der Waals surface area contributed by atoms with Gasteiger partial charge >= 0.3 is 0 Å². The Balaban J connectivity index is 1.54. The molecule has 17 heavy (non-hydrogen) atoms. The molecule has 1 nitrogen and oxygen atoms in total. The summed E-state index contributed by atoms with van der Waals surface area (Å²) in [6, 6.07) is 0.496. The smallest absolute Gasteiger partial charge is 0.0128 e. The van der Waals surface area contributed by atoms with Gasteiger partial charge in [-0.15, -0.1) is 0 Å². The molecule has 2 atom stereocenters. The highest BCUT2D eigenvalue weighted by atomic mass is 14.8. The number of hydrogen-bond donors (Lipinski definition) is 1. The van der Waals surface area contributed by atoms with Crippen molar-refractivity contribution in [2.45, 2.75) is 64.8 Å². The summed E-state index contributed by atoms with van der Waals surface area (Å²) in [6.07, 6.45) is 10.8. The van der Waals surface area contributed by atoms with Crippen LogP contribution in [0.15, 0.2) is 0 Å². The molecule has 2 unspecified atom stereocenters. The number of rotatable bonds is 2. The molecular weight excluding hydrogens is 206 g/mol. The van der Waals surface area contributed by atoms with Crippen molar-refractivity contribution < 1.29 is 0 Å². The Labute approximate surface area is 106 Å². The molecule has 0 aromatic carbocycles. The summed E-state index contributed by atoms with van der Waals surface area (Å²) in [5.74, 6) is 4.12. The van der Waals surface area contributed by atoms with E-state index in [1.807, 2.05) is 0 Å². The first kappa shape index (κ1) is 10.8. The van der Waals surface area contributed by atoms with Crippen LogP contribution in [0.2, 0.25) is 0 Å². The van der Waals surface area contributed by atoms with Crippen molar-refractivity contribution in [1.29, 1.82) is 0 Å². The molecule has 5 aliphatic rings. The van der Waals surface area contributed by atoms with Crippen molar-refractivity contribution in [2.75, 3.05) is 0 Å². The SMILES string of the molecule is CC1(C)C(N)C1CC12CC3CC(CC(C3)C1)C2. The Morgan fingerprint density at radius 1 is 0.941 bits per heavy atom. The van der Waals surface area contributed by atoms with E-state index < -0.39 is 0 Å². The average Bonchev–Trinajstić information content (AvgIpc) is 2.65. The lowest BCUT2D eigenvalue weighted by atomic mass is 9.48. The Morgan fingerprint density at radius 2 is 1.35 bits per heavy atom. The predicted octanol–water partition coefficient (Wildman–Crippen LogP) is 3.58. The molecule has 0 aromatic heterocycles. The van der Waals surface area contributed by atoms with Gasteiger partial charge < -0.3 is 5.73 Å². The third-order valence-electron chi connectivity index (χ3n) is 6.96. The monoisotopic (exact) mass is 233 g/mol. The van der Waals surface area contributed by atoms with Crippen molar-refractivity contribution in [1.82, 2.24) is 0 Å². The van der Waals surface area contributed by atoms with Crippen LogP contribution in [0.3, 0.4) is 0 Å². The molecule has 5 fully saturated rings. The zero-order chi connectivity index (χ0) is 11.8. The van der Waals surface area contributed by atoms with E-state index in [9.17, 15) is 0 Å². The van der Waals surface area contributed by atoms with Crippen molar-refractivity contribution >= 4 is 0 Å². The van der Waals surface area contributed by atoms with E-state index in [1.54, 1.807) is 38.5 Å². The molecule has 0 saturated heterocycles. The van der Waals surface area contributed by atoms with Crippen LogP contribution in [0.5, 0.6) is 0 Å². The van der Waals surface area contributed by atoms with Crippen LogP contribution in [-0.4, -0.2) is 6.04 Å². The lowest BCUT2D eigenvalue weighted by Crippen LogP contribution is -2.46. The van der Waals surface area contributed by atoms with Crippen LogP contribution in [0.1, 0.15) is 58.8 Å². The molecule has 0 spiro atoms. The van der Waals surface area contributed by atoms with Gasteiger partial charge in [-0.3, -0.25) is 0 Å². The standard InChI is InChI=1S/C16H27N/c1-15(2)13(14(15)17)9-16-6-10-3-11(7-16)5-12(4-10)8-16/h10-14H,3-9,17H2,1-2H3. The van der Waals surface area contributed by atoms with Crippen molar-refractivity contribution in [3.05, 3.63) is 0 Å². The van der Waals surface area contributed by atoms with E-state index in [0.29, 0.717) is 11.5 Å². The normalized spacial score (nSPS) is 58.4. The Kier molecular flexibility index (Phi) is 1.98. The summed E-state index contributed by atoms with van der Waals surface area (Å²) in [4.78, 5) is 0. The maximum atomic E-state index is 6.27. The topological polar surface area (TPSA) is 26.0 Å². The van der Waals surface area contributed by atoms with Crippen LogP contribution in [-0.2, 0) is 0 Å². The Bertz CT molecular complexity index is 308. The summed E-state index contributed by atoms with van der Waals surface area (Å²) in [7, 11) is 0. The molecule has 96 valence electrons. The summed E-state index contributed by atoms with van der Waals surface area (Å²) in [5, 5.41) is 0. The lowest BCUT2D eigenvalue weighted by molar-refractivity contribution is -0.0617. The van der Waals surface area contributed by atoms with Gasteiger partial charge in [-0.05, 0) is 79.4 Å². The van der Waals surface area contributed by atoms with Crippen LogP contribution >= 0.6 is 0 Å². The predicted molar refractivity (Wildman–Crippen MR) is 70.5 cm³/mol. The zero-order valence-corrected chi connectivity index (χ0v) is 11.4. The molecule has 1 heteroatoms. The number of nitrogens with two attached hydrogens (primary N) is 1. The van der Waals surface area contributed by atoms with Gasteiger partial charge in [0.25, 0.3) is 0 Å². The van der Waals surface area contributed by atoms with Crippen LogP contribution in [0, 0.1) is 34.5 Å². The first-order chi connectivity index (χ1) is 7.98.